The van der Waals surface area contributed by atoms with E-state index < -0.39 is 0 Å². The Kier molecular flexibility index (Phi) is 4.15. The third kappa shape index (κ3) is 3.26. The summed E-state index contributed by atoms with van der Waals surface area (Å²) in [6.45, 7) is 3.60. The fraction of sp³-hybridized carbons (Fsp3) is 0.105. The SMILES string of the molecule is CC1=CC(=C(N=Nc2ccccc2)c2ccco2)C=C(C)C1=O. The van der Waals surface area contributed by atoms with Crippen LogP contribution in [-0.4, -0.2) is 5.78 Å². The zero-order valence-corrected chi connectivity index (χ0v) is 13.0. The number of Topliss-reactive ketones (excluding diaryl/α,β-unsaturated/α-hetero) is 1. The molecule has 0 aliphatic heterocycles. The van der Waals surface area contributed by atoms with E-state index in [0.29, 0.717) is 22.6 Å². The third-order valence-corrected chi connectivity index (χ3v) is 3.51. The number of ketones is 1. The first-order valence-electron chi connectivity index (χ1n) is 7.31. The molecule has 0 radical (unpaired) electrons. The van der Waals surface area contributed by atoms with Gasteiger partial charge in [0.2, 0.25) is 0 Å². The molecular formula is C19H16N2O2. The average Bonchev–Trinajstić information content (AvgIpc) is 3.08. The lowest BCUT2D eigenvalue weighted by Crippen LogP contribution is -2.06. The van der Waals surface area contributed by atoms with Gasteiger partial charge in [0.1, 0.15) is 5.70 Å². The van der Waals surface area contributed by atoms with Gasteiger partial charge in [0, 0.05) is 5.57 Å². The van der Waals surface area contributed by atoms with Crippen molar-refractivity contribution >= 4 is 17.2 Å². The molecule has 0 N–H and O–H groups in total. The van der Waals surface area contributed by atoms with Crippen LogP contribution in [0.4, 0.5) is 5.69 Å². The van der Waals surface area contributed by atoms with Crippen molar-refractivity contribution in [3.63, 3.8) is 0 Å². The van der Waals surface area contributed by atoms with E-state index in [-0.39, 0.29) is 5.78 Å². The summed E-state index contributed by atoms with van der Waals surface area (Å²) in [5.41, 5.74) is 3.53. The molecule has 0 atom stereocenters. The molecule has 1 aliphatic rings. The summed E-state index contributed by atoms with van der Waals surface area (Å²) < 4.78 is 5.48. The fourth-order valence-electron chi connectivity index (χ4n) is 2.35. The number of allylic oxidation sites excluding steroid dienone is 5. The van der Waals surface area contributed by atoms with Crippen LogP contribution >= 0.6 is 0 Å². The molecule has 114 valence electrons. The van der Waals surface area contributed by atoms with Crippen LogP contribution in [0.5, 0.6) is 0 Å². The minimum atomic E-state index is 0.0487. The van der Waals surface area contributed by atoms with E-state index in [2.05, 4.69) is 10.2 Å². The zero-order chi connectivity index (χ0) is 16.2. The molecule has 4 heteroatoms. The maximum atomic E-state index is 11.9. The largest absolute Gasteiger partial charge is 0.463 e. The Bertz CT molecular complexity index is 815. The van der Waals surface area contributed by atoms with E-state index in [1.165, 1.54) is 0 Å². The van der Waals surface area contributed by atoms with Crippen molar-refractivity contribution in [3.05, 3.63) is 83.4 Å². The van der Waals surface area contributed by atoms with Crippen LogP contribution in [0.1, 0.15) is 19.6 Å². The van der Waals surface area contributed by atoms with Gasteiger partial charge in [-0.15, -0.1) is 5.11 Å². The molecule has 0 spiro atoms. The predicted octanol–water partition coefficient (Wildman–Crippen LogP) is 5.25. The van der Waals surface area contributed by atoms with Gasteiger partial charge in [-0.3, -0.25) is 4.79 Å². The van der Waals surface area contributed by atoms with Gasteiger partial charge in [0.15, 0.2) is 11.5 Å². The van der Waals surface area contributed by atoms with E-state index in [4.69, 9.17) is 4.42 Å². The number of nitrogens with zero attached hydrogens (tertiary/aromatic N) is 2. The molecule has 1 aromatic heterocycles. The van der Waals surface area contributed by atoms with Crippen molar-refractivity contribution in [1.29, 1.82) is 0 Å². The second-order valence-electron chi connectivity index (χ2n) is 5.30. The van der Waals surface area contributed by atoms with Crippen LogP contribution < -0.4 is 0 Å². The van der Waals surface area contributed by atoms with Gasteiger partial charge in [-0.25, -0.2) is 0 Å². The highest BCUT2D eigenvalue weighted by Crippen LogP contribution is 2.29. The molecule has 23 heavy (non-hydrogen) atoms. The highest BCUT2D eigenvalue weighted by atomic mass is 16.3. The summed E-state index contributed by atoms with van der Waals surface area (Å²) in [6, 6.07) is 13.1. The normalized spacial score (nSPS) is 14.9. The van der Waals surface area contributed by atoms with E-state index >= 15 is 0 Å². The molecule has 0 unspecified atom stereocenters. The van der Waals surface area contributed by atoms with Gasteiger partial charge < -0.3 is 4.42 Å². The number of hydrogen-bond acceptors (Lipinski definition) is 4. The summed E-state index contributed by atoms with van der Waals surface area (Å²) in [5.74, 6) is 0.662. The van der Waals surface area contributed by atoms with Crippen molar-refractivity contribution in [2.24, 2.45) is 10.2 Å². The van der Waals surface area contributed by atoms with Crippen molar-refractivity contribution in [1.82, 2.24) is 0 Å². The molecule has 1 aliphatic carbocycles. The second-order valence-corrected chi connectivity index (χ2v) is 5.30. The molecular weight excluding hydrogens is 288 g/mol. The summed E-state index contributed by atoms with van der Waals surface area (Å²) in [7, 11) is 0. The minimum Gasteiger partial charge on any atom is -0.463 e. The molecule has 1 heterocycles. The van der Waals surface area contributed by atoms with Gasteiger partial charge in [-0.1, -0.05) is 18.2 Å². The summed E-state index contributed by atoms with van der Waals surface area (Å²) in [4.78, 5) is 11.9. The first-order valence-corrected chi connectivity index (χ1v) is 7.31. The fourth-order valence-corrected chi connectivity index (χ4v) is 2.35. The highest BCUT2D eigenvalue weighted by Gasteiger charge is 2.17. The number of rotatable bonds is 3. The molecule has 0 amide bonds. The lowest BCUT2D eigenvalue weighted by molar-refractivity contribution is -0.112. The molecule has 3 rings (SSSR count). The van der Waals surface area contributed by atoms with Crippen molar-refractivity contribution in [2.75, 3.05) is 0 Å². The zero-order valence-electron chi connectivity index (χ0n) is 13.0. The Morgan fingerprint density at radius 2 is 1.65 bits per heavy atom. The van der Waals surface area contributed by atoms with Crippen LogP contribution in [0.15, 0.2) is 92.2 Å². The van der Waals surface area contributed by atoms with Crippen LogP contribution in [0, 0.1) is 0 Å². The first kappa shape index (κ1) is 14.9. The van der Waals surface area contributed by atoms with Crippen molar-refractivity contribution < 1.29 is 9.21 Å². The first-order chi connectivity index (χ1) is 11.1. The summed E-state index contributed by atoms with van der Waals surface area (Å²) >= 11 is 0. The van der Waals surface area contributed by atoms with Crippen molar-refractivity contribution in [3.8, 4) is 0 Å². The predicted molar refractivity (Wildman–Crippen MR) is 89.1 cm³/mol. The molecule has 0 saturated heterocycles. The van der Waals surface area contributed by atoms with Crippen LogP contribution in [0.25, 0.3) is 5.70 Å². The lowest BCUT2D eigenvalue weighted by atomic mass is 9.94. The summed E-state index contributed by atoms with van der Waals surface area (Å²) in [6.07, 6.45) is 5.23. The maximum Gasteiger partial charge on any atom is 0.184 e. The van der Waals surface area contributed by atoms with Gasteiger partial charge in [-0.2, -0.15) is 5.11 Å². The number of carbonyl (C=O) groups excluding carboxylic acids is 1. The molecule has 2 aromatic rings. The molecule has 4 nitrogen and oxygen atoms in total. The van der Waals surface area contributed by atoms with E-state index in [0.717, 1.165) is 11.3 Å². The standard InChI is InChI=1S/C19H16N2O2/c1-13-11-15(12-14(2)19(13)22)18(17-9-6-10-23-17)21-20-16-7-4-3-5-8-16/h3-12H,1-2H3. The molecule has 0 bridgehead atoms. The number of carbonyl (C=O) groups is 1. The third-order valence-electron chi connectivity index (χ3n) is 3.51. The maximum absolute atomic E-state index is 11.9. The Labute approximate surface area is 134 Å². The Hall–Kier alpha value is -3.01. The topological polar surface area (TPSA) is 54.9 Å². The molecule has 1 aromatic carbocycles. The minimum absolute atomic E-state index is 0.0487. The van der Waals surface area contributed by atoms with Gasteiger partial charge in [0.25, 0.3) is 0 Å². The average molecular weight is 304 g/mol. The second kappa shape index (κ2) is 6.40. The Morgan fingerprint density at radius 3 is 2.26 bits per heavy atom. The van der Waals surface area contributed by atoms with E-state index in [9.17, 15) is 4.79 Å². The van der Waals surface area contributed by atoms with Crippen LogP contribution in [0.2, 0.25) is 0 Å². The molecule has 0 saturated carbocycles. The number of hydrogen-bond donors (Lipinski definition) is 0. The van der Waals surface area contributed by atoms with Crippen molar-refractivity contribution in [2.45, 2.75) is 13.8 Å². The molecule has 0 fully saturated rings. The van der Waals surface area contributed by atoms with Crippen LogP contribution in [0.3, 0.4) is 0 Å². The van der Waals surface area contributed by atoms with E-state index in [1.807, 2.05) is 48.6 Å². The smallest absolute Gasteiger partial charge is 0.184 e. The van der Waals surface area contributed by atoms with Gasteiger partial charge in [0.05, 0.1) is 12.0 Å². The van der Waals surface area contributed by atoms with Crippen LogP contribution in [-0.2, 0) is 4.79 Å². The highest BCUT2D eigenvalue weighted by molar-refractivity contribution is 6.10. The monoisotopic (exact) mass is 304 g/mol. The quantitative estimate of drug-likeness (QED) is 0.727. The number of benzene rings is 1. The van der Waals surface area contributed by atoms with E-state index in [1.54, 1.807) is 26.2 Å². The number of furan rings is 1. The van der Waals surface area contributed by atoms with Gasteiger partial charge in [-0.05, 0) is 61.4 Å². The van der Waals surface area contributed by atoms with Gasteiger partial charge >= 0.3 is 0 Å². The number of azo groups is 1. The lowest BCUT2D eigenvalue weighted by Gasteiger charge is -2.11. The Balaban J connectivity index is 2.09. The summed E-state index contributed by atoms with van der Waals surface area (Å²) in [5, 5.41) is 8.63. The Morgan fingerprint density at radius 1 is 0.957 bits per heavy atom.